The van der Waals surface area contributed by atoms with E-state index in [4.69, 9.17) is 4.74 Å². The fourth-order valence-corrected chi connectivity index (χ4v) is 2.78. The maximum absolute atomic E-state index is 12.2. The highest BCUT2D eigenvalue weighted by Crippen LogP contribution is 2.23. The summed E-state index contributed by atoms with van der Waals surface area (Å²) in [7, 11) is 2.00. The van der Waals surface area contributed by atoms with E-state index in [1.54, 1.807) is 0 Å². The lowest BCUT2D eigenvalue weighted by molar-refractivity contribution is -0.136. The molecule has 0 bridgehead atoms. The standard InChI is InChI=1S/C13H24N2O2.ClH/c1-14-6-2-11-3-7-15(8-4-11)13(16)12-5-9-17-10-12;/h11-12,14H,2-10H2,1H3;1H. The van der Waals surface area contributed by atoms with Gasteiger partial charge in [0.15, 0.2) is 0 Å². The van der Waals surface area contributed by atoms with Crippen LogP contribution in [-0.4, -0.2) is 50.7 Å². The van der Waals surface area contributed by atoms with Crippen LogP contribution in [0.25, 0.3) is 0 Å². The van der Waals surface area contributed by atoms with Gasteiger partial charge in [0.1, 0.15) is 0 Å². The minimum atomic E-state index is 0. The van der Waals surface area contributed by atoms with Gasteiger partial charge in [0.2, 0.25) is 5.91 Å². The van der Waals surface area contributed by atoms with Gasteiger partial charge in [0.25, 0.3) is 0 Å². The summed E-state index contributed by atoms with van der Waals surface area (Å²) in [5.41, 5.74) is 0. The van der Waals surface area contributed by atoms with E-state index in [0.717, 1.165) is 38.6 Å². The van der Waals surface area contributed by atoms with Gasteiger partial charge in [-0.15, -0.1) is 12.4 Å². The molecule has 5 heteroatoms. The van der Waals surface area contributed by atoms with Crippen LogP contribution in [0.3, 0.4) is 0 Å². The van der Waals surface area contributed by atoms with Crippen molar-refractivity contribution in [2.75, 3.05) is 39.9 Å². The van der Waals surface area contributed by atoms with Crippen molar-refractivity contribution in [1.82, 2.24) is 10.2 Å². The fourth-order valence-electron chi connectivity index (χ4n) is 2.78. The van der Waals surface area contributed by atoms with Gasteiger partial charge in [-0.3, -0.25) is 4.79 Å². The lowest BCUT2D eigenvalue weighted by atomic mass is 9.92. The Balaban J connectivity index is 0.00000162. The lowest BCUT2D eigenvalue weighted by Crippen LogP contribution is -2.42. The zero-order valence-corrected chi connectivity index (χ0v) is 12.0. The zero-order valence-electron chi connectivity index (χ0n) is 11.2. The van der Waals surface area contributed by atoms with Crippen LogP contribution in [0.2, 0.25) is 0 Å². The van der Waals surface area contributed by atoms with Crippen LogP contribution in [0.4, 0.5) is 0 Å². The Labute approximate surface area is 116 Å². The van der Waals surface area contributed by atoms with Crippen molar-refractivity contribution in [2.24, 2.45) is 11.8 Å². The van der Waals surface area contributed by atoms with Crippen LogP contribution < -0.4 is 5.32 Å². The predicted molar refractivity (Wildman–Crippen MR) is 74.0 cm³/mol. The number of halogens is 1. The third-order valence-electron chi connectivity index (χ3n) is 4.01. The number of rotatable bonds is 4. The Kier molecular flexibility index (Phi) is 6.97. The van der Waals surface area contributed by atoms with Crippen LogP contribution >= 0.6 is 12.4 Å². The van der Waals surface area contributed by atoms with Crippen molar-refractivity contribution in [1.29, 1.82) is 0 Å². The summed E-state index contributed by atoms with van der Waals surface area (Å²) in [4.78, 5) is 14.2. The zero-order chi connectivity index (χ0) is 12.1. The summed E-state index contributed by atoms with van der Waals surface area (Å²) in [5.74, 6) is 1.27. The van der Waals surface area contributed by atoms with E-state index in [1.165, 1.54) is 19.3 Å². The van der Waals surface area contributed by atoms with Gasteiger partial charge < -0.3 is 15.0 Å². The maximum Gasteiger partial charge on any atom is 0.228 e. The number of piperidine rings is 1. The largest absolute Gasteiger partial charge is 0.381 e. The highest BCUT2D eigenvalue weighted by atomic mass is 35.5. The van der Waals surface area contributed by atoms with Gasteiger partial charge in [0, 0.05) is 19.7 Å². The Morgan fingerprint density at radius 2 is 2.06 bits per heavy atom. The Hall–Kier alpha value is -0.320. The molecule has 1 N–H and O–H groups in total. The number of carbonyl (C=O) groups excluding carboxylic acids is 1. The molecule has 0 saturated carbocycles. The first kappa shape index (κ1) is 15.7. The molecule has 18 heavy (non-hydrogen) atoms. The van der Waals surface area contributed by atoms with Crippen molar-refractivity contribution in [3.8, 4) is 0 Å². The van der Waals surface area contributed by atoms with Crippen LogP contribution in [0.1, 0.15) is 25.7 Å². The first-order valence-corrected chi connectivity index (χ1v) is 6.82. The third-order valence-corrected chi connectivity index (χ3v) is 4.01. The van der Waals surface area contributed by atoms with Gasteiger partial charge in [-0.05, 0) is 45.2 Å². The molecular formula is C13H25ClN2O2. The first-order chi connectivity index (χ1) is 8.31. The van der Waals surface area contributed by atoms with Gasteiger partial charge in [-0.25, -0.2) is 0 Å². The van der Waals surface area contributed by atoms with E-state index in [2.05, 4.69) is 10.2 Å². The summed E-state index contributed by atoms with van der Waals surface area (Å²) in [6.07, 6.45) is 4.49. The first-order valence-electron chi connectivity index (χ1n) is 6.82. The van der Waals surface area contributed by atoms with E-state index >= 15 is 0 Å². The molecule has 2 saturated heterocycles. The Bertz CT molecular complexity index is 249. The molecule has 2 aliphatic heterocycles. The Morgan fingerprint density at radius 1 is 1.33 bits per heavy atom. The number of nitrogens with one attached hydrogen (secondary N) is 1. The average Bonchev–Trinajstić information content (AvgIpc) is 2.90. The topological polar surface area (TPSA) is 41.6 Å². The van der Waals surface area contributed by atoms with Crippen molar-refractivity contribution in [2.45, 2.75) is 25.7 Å². The predicted octanol–water partition coefficient (Wildman–Crippen LogP) is 1.29. The van der Waals surface area contributed by atoms with Crippen LogP contribution in [-0.2, 0) is 9.53 Å². The molecule has 1 unspecified atom stereocenters. The monoisotopic (exact) mass is 276 g/mol. The van der Waals surface area contributed by atoms with Crippen LogP contribution in [0, 0.1) is 11.8 Å². The molecule has 0 aromatic carbocycles. The highest BCUT2D eigenvalue weighted by molar-refractivity contribution is 5.85. The molecule has 1 atom stereocenters. The molecule has 0 aromatic heterocycles. The van der Waals surface area contributed by atoms with Crippen molar-refractivity contribution in [3.63, 3.8) is 0 Å². The minimum absolute atomic E-state index is 0. The quantitative estimate of drug-likeness (QED) is 0.841. The molecule has 0 aliphatic carbocycles. The molecule has 0 radical (unpaired) electrons. The smallest absolute Gasteiger partial charge is 0.228 e. The van der Waals surface area contributed by atoms with Crippen molar-refractivity contribution >= 4 is 18.3 Å². The second-order valence-corrected chi connectivity index (χ2v) is 5.22. The molecule has 2 aliphatic rings. The van der Waals surface area contributed by atoms with Crippen LogP contribution in [0.15, 0.2) is 0 Å². The van der Waals surface area contributed by atoms with Crippen molar-refractivity contribution in [3.05, 3.63) is 0 Å². The van der Waals surface area contributed by atoms with E-state index in [0.29, 0.717) is 12.5 Å². The molecule has 2 fully saturated rings. The second kappa shape index (κ2) is 7.97. The molecule has 0 aromatic rings. The number of hydrogen-bond acceptors (Lipinski definition) is 3. The normalized spacial score (nSPS) is 24.9. The highest BCUT2D eigenvalue weighted by Gasteiger charge is 2.30. The lowest BCUT2D eigenvalue weighted by Gasteiger charge is -2.33. The fraction of sp³-hybridized carbons (Fsp3) is 0.923. The summed E-state index contributed by atoms with van der Waals surface area (Å²) in [6.45, 7) is 4.38. The molecular weight excluding hydrogens is 252 g/mol. The minimum Gasteiger partial charge on any atom is -0.381 e. The SMILES string of the molecule is CNCCC1CCN(C(=O)C2CCOC2)CC1.Cl. The molecule has 4 nitrogen and oxygen atoms in total. The summed E-state index contributed by atoms with van der Waals surface area (Å²) in [6, 6.07) is 0. The number of amides is 1. The molecule has 1 amide bonds. The molecule has 0 spiro atoms. The summed E-state index contributed by atoms with van der Waals surface area (Å²) < 4.78 is 5.29. The maximum atomic E-state index is 12.2. The van der Waals surface area contributed by atoms with Crippen molar-refractivity contribution < 1.29 is 9.53 Å². The number of likely N-dealkylation sites (tertiary alicyclic amines) is 1. The van der Waals surface area contributed by atoms with Gasteiger partial charge in [0.05, 0.1) is 12.5 Å². The molecule has 106 valence electrons. The van der Waals surface area contributed by atoms with E-state index in [9.17, 15) is 4.79 Å². The number of hydrogen-bond donors (Lipinski definition) is 1. The molecule has 2 rings (SSSR count). The van der Waals surface area contributed by atoms with Gasteiger partial charge in [-0.1, -0.05) is 0 Å². The summed E-state index contributed by atoms with van der Waals surface area (Å²) in [5, 5.41) is 3.20. The Morgan fingerprint density at radius 3 is 2.61 bits per heavy atom. The molecule has 2 heterocycles. The summed E-state index contributed by atoms with van der Waals surface area (Å²) >= 11 is 0. The average molecular weight is 277 g/mol. The van der Waals surface area contributed by atoms with E-state index in [-0.39, 0.29) is 18.3 Å². The third kappa shape index (κ3) is 4.11. The van der Waals surface area contributed by atoms with Gasteiger partial charge in [-0.2, -0.15) is 0 Å². The number of nitrogens with zero attached hydrogens (tertiary/aromatic N) is 1. The van der Waals surface area contributed by atoms with E-state index in [1.807, 2.05) is 7.05 Å². The second-order valence-electron chi connectivity index (χ2n) is 5.22. The van der Waals surface area contributed by atoms with Gasteiger partial charge >= 0.3 is 0 Å². The number of carbonyl (C=O) groups is 1. The van der Waals surface area contributed by atoms with E-state index < -0.39 is 0 Å². The van der Waals surface area contributed by atoms with Crippen LogP contribution in [0.5, 0.6) is 0 Å². The number of ether oxygens (including phenoxy) is 1.